The number of fused-ring (bicyclic) bond motifs is 1. The highest BCUT2D eigenvalue weighted by Crippen LogP contribution is 2.31. The minimum Gasteiger partial charge on any atom is -0.493 e. The first-order valence-electron chi connectivity index (χ1n) is 8.65. The summed E-state index contributed by atoms with van der Waals surface area (Å²) >= 11 is 0. The Bertz CT molecular complexity index is 1050. The van der Waals surface area contributed by atoms with E-state index in [1.165, 1.54) is 44.4 Å². The van der Waals surface area contributed by atoms with Crippen molar-refractivity contribution in [3.8, 4) is 11.5 Å². The molecule has 0 aromatic heterocycles. The number of hydrogen-bond donors (Lipinski definition) is 1. The maximum atomic E-state index is 12.9. The molecular formula is C19H21N3O6S. The van der Waals surface area contributed by atoms with Crippen LogP contribution < -0.4 is 19.7 Å². The van der Waals surface area contributed by atoms with E-state index in [1.54, 1.807) is 24.3 Å². The number of carbonyl (C=O) groups is 2. The van der Waals surface area contributed by atoms with Gasteiger partial charge < -0.3 is 14.8 Å². The van der Waals surface area contributed by atoms with Crippen molar-refractivity contribution < 1.29 is 27.5 Å². The average Bonchev–Trinajstić information content (AvgIpc) is 2.72. The second-order valence-corrected chi connectivity index (χ2v) is 8.37. The normalized spacial score (nSPS) is 13.7. The van der Waals surface area contributed by atoms with E-state index in [1.807, 2.05) is 0 Å². The van der Waals surface area contributed by atoms with Crippen LogP contribution in [-0.2, 0) is 19.6 Å². The summed E-state index contributed by atoms with van der Waals surface area (Å²) in [6.45, 7) is -0.613. The number of anilines is 2. The molecule has 1 N–H and O–H groups in total. The van der Waals surface area contributed by atoms with Crippen molar-refractivity contribution >= 4 is 33.2 Å². The third kappa shape index (κ3) is 4.03. The SMILES string of the molecule is COc1ccc(S(=O)(=O)N(C)CC(=O)N2CC(=O)Nc3ccccc32)cc1OC. The number of hydrogen-bond acceptors (Lipinski definition) is 6. The van der Waals surface area contributed by atoms with Crippen LogP contribution in [0.25, 0.3) is 0 Å². The summed E-state index contributed by atoms with van der Waals surface area (Å²) < 4.78 is 37.0. The number of rotatable bonds is 6. The van der Waals surface area contributed by atoms with Crippen LogP contribution in [0.2, 0.25) is 0 Å². The quantitative estimate of drug-likeness (QED) is 0.757. The van der Waals surface area contributed by atoms with E-state index < -0.39 is 22.5 Å². The Morgan fingerprint density at radius 3 is 2.52 bits per heavy atom. The molecule has 2 aromatic carbocycles. The van der Waals surface area contributed by atoms with Crippen LogP contribution in [0.4, 0.5) is 11.4 Å². The van der Waals surface area contributed by atoms with Gasteiger partial charge in [-0.2, -0.15) is 4.31 Å². The highest BCUT2D eigenvalue weighted by Gasteiger charge is 2.30. The van der Waals surface area contributed by atoms with Gasteiger partial charge in [0.05, 0.1) is 37.0 Å². The van der Waals surface area contributed by atoms with E-state index in [2.05, 4.69) is 5.32 Å². The van der Waals surface area contributed by atoms with Gasteiger partial charge in [-0.1, -0.05) is 12.1 Å². The lowest BCUT2D eigenvalue weighted by atomic mass is 10.2. The molecule has 0 fully saturated rings. The summed E-state index contributed by atoms with van der Waals surface area (Å²) in [6, 6.07) is 11.0. The van der Waals surface area contributed by atoms with E-state index >= 15 is 0 Å². The zero-order valence-corrected chi connectivity index (χ0v) is 17.0. The summed E-state index contributed by atoms with van der Waals surface area (Å²) in [5.74, 6) is -0.211. The van der Waals surface area contributed by atoms with Crippen molar-refractivity contribution in [1.29, 1.82) is 0 Å². The maximum Gasteiger partial charge on any atom is 0.244 e. The van der Waals surface area contributed by atoms with Crippen LogP contribution in [0.15, 0.2) is 47.4 Å². The summed E-state index contributed by atoms with van der Waals surface area (Å²) in [4.78, 5) is 26.0. The van der Waals surface area contributed by atoms with Gasteiger partial charge in [0.25, 0.3) is 0 Å². The van der Waals surface area contributed by atoms with Crippen LogP contribution in [0, 0.1) is 0 Å². The molecule has 0 saturated carbocycles. The van der Waals surface area contributed by atoms with Gasteiger partial charge in [0.15, 0.2) is 11.5 Å². The molecule has 2 amide bonds. The van der Waals surface area contributed by atoms with Crippen LogP contribution in [-0.4, -0.2) is 58.9 Å². The minimum atomic E-state index is -3.97. The van der Waals surface area contributed by atoms with Crippen LogP contribution in [0.5, 0.6) is 11.5 Å². The van der Waals surface area contributed by atoms with Gasteiger partial charge in [0.1, 0.15) is 6.54 Å². The van der Waals surface area contributed by atoms with Crippen molar-refractivity contribution in [2.75, 3.05) is 44.6 Å². The van der Waals surface area contributed by atoms with Gasteiger partial charge >= 0.3 is 0 Å². The van der Waals surface area contributed by atoms with Gasteiger partial charge in [-0.25, -0.2) is 8.42 Å². The predicted octanol–water partition coefficient (Wildman–Crippen LogP) is 1.31. The van der Waals surface area contributed by atoms with Crippen molar-refractivity contribution in [2.24, 2.45) is 0 Å². The zero-order valence-electron chi connectivity index (χ0n) is 16.2. The van der Waals surface area contributed by atoms with Gasteiger partial charge in [-0.05, 0) is 24.3 Å². The number of sulfonamides is 1. The Morgan fingerprint density at radius 1 is 1.14 bits per heavy atom. The monoisotopic (exact) mass is 419 g/mol. The summed E-state index contributed by atoms with van der Waals surface area (Å²) in [5, 5.41) is 2.69. The van der Waals surface area contributed by atoms with Crippen molar-refractivity contribution in [3.05, 3.63) is 42.5 Å². The Balaban J connectivity index is 1.83. The Kier molecular flexibility index (Phi) is 5.76. The number of likely N-dealkylation sites (N-methyl/N-ethyl adjacent to an activating group) is 1. The second-order valence-electron chi connectivity index (χ2n) is 6.32. The highest BCUT2D eigenvalue weighted by atomic mass is 32.2. The van der Waals surface area contributed by atoms with Crippen LogP contribution in [0.3, 0.4) is 0 Å². The van der Waals surface area contributed by atoms with E-state index in [0.29, 0.717) is 17.1 Å². The van der Waals surface area contributed by atoms with E-state index in [0.717, 1.165) is 4.31 Å². The molecule has 2 aromatic rings. The second kappa shape index (κ2) is 8.10. The molecule has 29 heavy (non-hydrogen) atoms. The molecular weight excluding hydrogens is 398 g/mol. The molecule has 154 valence electrons. The summed E-state index contributed by atoms with van der Waals surface area (Å²) in [5.41, 5.74) is 1.02. The van der Waals surface area contributed by atoms with E-state index in [-0.39, 0.29) is 23.1 Å². The molecule has 1 aliphatic rings. The standard InChI is InChI=1S/C19H21N3O6S/c1-21(29(25,26)13-8-9-16(27-2)17(10-13)28-3)12-19(24)22-11-18(23)20-14-6-4-5-7-15(14)22/h4-10H,11-12H2,1-3H3,(H,20,23). The number of methoxy groups -OCH3 is 2. The fourth-order valence-corrected chi connectivity index (χ4v) is 4.11. The molecule has 0 bridgehead atoms. The Hall–Kier alpha value is -3.11. The lowest BCUT2D eigenvalue weighted by Gasteiger charge is -2.30. The van der Waals surface area contributed by atoms with Crippen molar-refractivity contribution in [1.82, 2.24) is 4.31 Å². The molecule has 1 heterocycles. The number of nitrogens with one attached hydrogen (secondary N) is 1. The van der Waals surface area contributed by atoms with E-state index in [4.69, 9.17) is 9.47 Å². The van der Waals surface area contributed by atoms with Gasteiger partial charge in [0.2, 0.25) is 21.8 Å². The first kappa shape index (κ1) is 20.6. The molecule has 3 rings (SSSR count). The first-order chi connectivity index (χ1) is 13.8. The highest BCUT2D eigenvalue weighted by molar-refractivity contribution is 7.89. The number of carbonyl (C=O) groups excluding carboxylic acids is 2. The zero-order chi connectivity index (χ0) is 21.2. The van der Waals surface area contributed by atoms with Crippen LogP contribution in [0.1, 0.15) is 0 Å². The molecule has 0 aliphatic carbocycles. The van der Waals surface area contributed by atoms with Crippen molar-refractivity contribution in [3.63, 3.8) is 0 Å². The maximum absolute atomic E-state index is 12.9. The predicted molar refractivity (Wildman–Crippen MR) is 107 cm³/mol. The molecule has 0 atom stereocenters. The van der Waals surface area contributed by atoms with E-state index in [9.17, 15) is 18.0 Å². The van der Waals surface area contributed by atoms with Gasteiger partial charge in [-0.15, -0.1) is 0 Å². The molecule has 10 heteroatoms. The average molecular weight is 419 g/mol. The third-order valence-corrected chi connectivity index (χ3v) is 6.29. The van der Waals surface area contributed by atoms with Crippen molar-refractivity contribution in [2.45, 2.75) is 4.90 Å². The molecule has 0 spiro atoms. The molecule has 9 nitrogen and oxygen atoms in total. The lowest BCUT2D eigenvalue weighted by Crippen LogP contribution is -2.46. The van der Waals surface area contributed by atoms with Crippen LogP contribution >= 0.6 is 0 Å². The third-order valence-electron chi connectivity index (χ3n) is 4.49. The fraction of sp³-hybridized carbons (Fsp3) is 0.263. The minimum absolute atomic E-state index is 0.0396. The molecule has 0 saturated heterocycles. The Labute approximate surface area is 168 Å². The Morgan fingerprint density at radius 2 is 1.83 bits per heavy atom. The fourth-order valence-electron chi connectivity index (χ4n) is 2.97. The molecule has 0 unspecified atom stereocenters. The number of ether oxygens (including phenoxy) is 2. The van der Waals surface area contributed by atoms with Gasteiger partial charge in [0, 0.05) is 13.1 Å². The summed E-state index contributed by atoms with van der Waals surface area (Å²) in [7, 11) is 0.185. The number of nitrogens with zero attached hydrogens (tertiary/aromatic N) is 2. The number of amides is 2. The largest absolute Gasteiger partial charge is 0.493 e. The first-order valence-corrected chi connectivity index (χ1v) is 10.1. The molecule has 1 aliphatic heterocycles. The lowest BCUT2D eigenvalue weighted by molar-refractivity contribution is -0.121. The smallest absolute Gasteiger partial charge is 0.244 e. The number of para-hydroxylation sites is 2. The molecule has 0 radical (unpaired) electrons. The van der Waals surface area contributed by atoms with Gasteiger partial charge in [-0.3, -0.25) is 14.5 Å². The summed E-state index contributed by atoms with van der Waals surface area (Å²) in [6.07, 6.45) is 0. The topological polar surface area (TPSA) is 105 Å². The number of benzene rings is 2.